The van der Waals surface area contributed by atoms with Gasteiger partial charge >= 0.3 is 11.9 Å². The summed E-state index contributed by atoms with van der Waals surface area (Å²) < 4.78 is 20.8. The molecule has 3 atom stereocenters. The molecule has 2 bridgehead atoms. The molecule has 7 nitrogen and oxygen atoms in total. The molecule has 23 heavy (non-hydrogen) atoms. The lowest BCUT2D eigenvalue weighted by molar-refractivity contribution is -0.0692. The molecule has 0 unspecified atom stereocenters. The fourth-order valence-corrected chi connectivity index (χ4v) is 3.88. The first kappa shape index (κ1) is 16.1. The van der Waals surface area contributed by atoms with Gasteiger partial charge in [0, 0.05) is 5.56 Å². The summed E-state index contributed by atoms with van der Waals surface area (Å²) in [6.45, 7) is 0.375. The highest BCUT2D eigenvalue weighted by Crippen LogP contribution is 2.51. The number of carbonyl (C=O) groups excluding carboxylic acids is 2. The molecule has 0 amide bonds. The number of fused-ring (bicyclic) bond motifs is 4. The summed E-state index contributed by atoms with van der Waals surface area (Å²) in [5, 5.41) is 10.3. The highest BCUT2D eigenvalue weighted by Gasteiger charge is 2.45. The molecule has 0 aromatic heterocycles. The van der Waals surface area contributed by atoms with E-state index < -0.39 is 24.0 Å². The van der Waals surface area contributed by atoms with E-state index in [2.05, 4.69) is 0 Å². The number of benzene rings is 1. The Labute approximate surface area is 136 Å². The lowest BCUT2D eigenvalue weighted by Crippen LogP contribution is -2.26. The summed E-state index contributed by atoms with van der Waals surface area (Å²) in [6.07, 6.45) is 0.965. The van der Waals surface area contributed by atoms with Crippen LogP contribution in [0.2, 0.25) is 0 Å². The first-order valence-electron chi connectivity index (χ1n) is 6.89. The number of phenols is 1. The normalized spacial score (nSPS) is 24.9. The molecule has 1 saturated heterocycles. The van der Waals surface area contributed by atoms with Gasteiger partial charge in [-0.1, -0.05) is 0 Å². The molecule has 8 heteroatoms. The van der Waals surface area contributed by atoms with Gasteiger partial charge in [0.15, 0.2) is 6.29 Å². The Bertz CT molecular complexity index is 672. The number of esters is 2. The Morgan fingerprint density at radius 3 is 2.61 bits per heavy atom. The zero-order valence-corrected chi connectivity index (χ0v) is 13.6. The first-order chi connectivity index (χ1) is 11.0. The molecule has 0 aliphatic carbocycles. The second-order valence-electron chi connectivity index (χ2n) is 5.13. The van der Waals surface area contributed by atoms with Crippen LogP contribution in [0.1, 0.15) is 43.4 Å². The summed E-state index contributed by atoms with van der Waals surface area (Å²) in [5.41, 5.74) is 0.937. The van der Waals surface area contributed by atoms with Crippen LogP contribution in [0, 0.1) is 0 Å². The van der Waals surface area contributed by atoms with Gasteiger partial charge in [0.25, 0.3) is 0 Å². The van der Waals surface area contributed by atoms with Gasteiger partial charge in [-0.3, -0.25) is 0 Å². The van der Waals surface area contributed by atoms with Crippen LogP contribution in [0.25, 0.3) is 0 Å². The Morgan fingerprint density at radius 1 is 1.30 bits per heavy atom. The maximum Gasteiger partial charge on any atom is 0.342 e. The van der Waals surface area contributed by atoms with Crippen LogP contribution in [-0.2, 0) is 18.9 Å². The third kappa shape index (κ3) is 2.37. The molecule has 1 aromatic rings. The third-order valence-electron chi connectivity index (χ3n) is 4.01. The number of thioether (sulfide) groups is 1. The van der Waals surface area contributed by atoms with E-state index in [1.807, 2.05) is 6.26 Å². The van der Waals surface area contributed by atoms with Gasteiger partial charge in [0.2, 0.25) is 0 Å². The zero-order chi connectivity index (χ0) is 16.7. The number of phenolic OH excluding ortho intramolecular Hbond substituents is 1. The molecule has 2 aliphatic heterocycles. The average Bonchev–Trinajstić information content (AvgIpc) is 2.98. The number of aromatic hydroxyl groups is 1. The Balaban J connectivity index is 2.30. The van der Waals surface area contributed by atoms with E-state index in [-0.39, 0.29) is 22.5 Å². The summed E-state index contributed by atoms with van der Waals surface area (Å²) in [6, 6.07) is 1.54. The summed E-state index contributed by atoms with van der Waals surface area (Å²) in [4.78, 5) is 24.1. The molecular formula is C15H16O7S. The molecule has 1 aromatic carbocycles. The van der Waals surface area contributed by atoms with Crippen molar-refractivity contribution in [3.63, 3.8) is 0 Å². The Morgan fingerprint density at radius 2 is 2.00 bits per heavy atom. The number of carbonyl (C=O) groups is 2. The van der Waals surface area contributed by atoms with Gasteiger partial charge in [0.05, 0.1) is 26.1 Å². The largest absolute Gasteiger partial charge is 0.506 e. The predicted octanol–water partition coefficient (Wildman–Crippen LogP) is 1.80. The predicted molar refractivity (Wildman–Crippen MR) is 80.6 cm³/mol. The van der Waals surface area contributed by atoms with Crippen LogP contribution in [0.15, 0.2) is 6.07 Å². The van der Waals surface area contributed by atoms with Crippen LogP contribution in [0.4, 0.5) is 0 Å². The molecule has 1 N–H and O–H groups in total. The highest BCUT2D eigenvalue weighted by molar-refractivity contribution is 7.98. The van der Waals surface area contributed by atoms with E-state index in [1.165, 1.54) is 26.0 Å². The zero-order valence-electron chi connectivity index (χ0n) is 12.8. The van der Waals surface area contributed by atoms with E-state index in [1.54, 1.807) is 6.07 Å². The van der Waals surface area contributed by atoms with E-state index in [0.717, 1.165) is 5.56 Å². The number of ether oxygens (including phenoxy) is 4. The number of hydrogen-bond donors (Lipinski definition) is 1. The highest BCUT2D eigenvalue weighted by atomic mass is 32.2. The smallest absolute Gasteiger partial charge is 0.342 e. The van der Waals surface area contributed by atoms with Crippen LogP contribution in [0.5, 0.6) is 5.75 Å². The van der Waals surface area contributed by atoms with Crippen molar-refractivity contribution in [2.75, 3.05) is 27.1 Å². The molecule has 3 rings (SSSR count). The van der Waals surface area contributed by atoms with Crippen molar-refractivity contribution in [2.45, 2.75) is 17.6 Å². The average molecular weight is 340 g/mol. The fraction of sp³-hybridized carbons (Fsp3) is 0.467. The van der Waals surface area contributed by atoms with Gasteiger partial charge in [-0.15, -0.1) is 0 Å². The van der Waals surface area contributed by atoms with Gasteiger partial charge < -0.3 is 24.1 Å². The number of hydrogen-bond acceptors (Lipinski definition) is 8. The first-order valence-corrected chi connectivity index (χ1v) is 8.18. The van der Waals surface area contributed by atoms with Gasteiger partial charge in [-0.25, -0.2) is 9.59 Å². The summed E-state index contributed by atoms with van der Waals surface area (Å²) >= 11 is 1.52. The third-order valence-corrected chi connectivity index (χ3v) is 5.08. The van der Waals surface area contributed by atoms with Crippen molar-refractivity contribution < 1.29 is 33.6 Å². The number of rotatable bonds is 3. The SMILES string of the molecule is COC(=O)c1cc2c(c(C(=O)OC)c1O)[C@@H]1OC[C@@H](O1)[C@H]2SC. The quantitative estimate of drug-likeness (QED) is 0.833. The minimum atomic E-state index is -0.762. The van der Waals surface area contributed by atoms with Crippen LogP contribution in [-0.4, -0.2) is 50.2 Å². The van der Waals surface area contributed by atoms with E-state index in [9.17, 15) is 14.7 Å². The molecule has 0 radical (unpaired) electrons. The molecule has 0 spiro atoms. The van der Waals surface area contributed by atoms with Crippen molar-refractivity contribution in [3.8, 4) is 5.75 Å². The van der Waals surface area contributed by atoms with Crippen molar-refractivity contribution in [1.29, 1.82) is 0 Å². The van der Waals surface area contributed by atoms with E-state index in [0.29, 0.717) is 12.2 Å². The second kappa shape index (κ2) is 6.03. The summed E-state index contributed by atoms with van der Waals surface area (Å²) in [5.74, 6) is -1.98. The van der Waals surface area contributed by atoms with E-state index >= 15 is 0 Å². The molecule has 2 aliphatic rings. The lowest BCUT2D eigenvalue weighted by Gasteiger charge is -2.31. The summed E-state index contributed by atoms with van der Waals surface area (Å²) in [7, 11) is 2.41. The minimum Gasteiger partial charge on any atom is -0.506 e. The molecule has 124 valence electrons. The Hall–Kier alpha value is -1.77. The van der Waals surface area contributed by atoms with Crippen molar-refractivity contribution >= 4 is 23.7 Å². The maximum absolute atomic E-state index is 12.2. The van der Waals surface area contributed by atoms with Crippen LogP contribution < -0.4 is 0 Å². The Kier molecular flexibility index (Phi) is 4.22. The van der Waals surface area contributed by atoms with Gasteiger partial charge in [0.1, 0.15) is 23.0 Å². The standard InChI is InChI=1S/C15H16O7S/c1-19-13(17)7-4-6-9(10(11(7)16)14(18)20-2)15-21-5-8(22-15)12(6)23-3/h4,8,12,15-16H,5H2,1-3H3/t8-,12+,15-/m1/s1. The van der Waals surface area contributed by atoms with Crippen LogP contribution >= 0.6 is 11.8 Å². The molecule has 2 heterocycles. The van der Waals surface area contributed by atoms with E-state index in [4.69, 9.17) is 18.9 Å². The minimum absolute atomic E-state index is 0.0769. The lowest BCUT2D eigenvalue weighted by atomic mass is 9.91. The van der Waals surface area contributed by atoms with Crippen LogP contribution in [0.3, 0.4) is 0 Å². The fourth-order valence-electron chi connectivity index (χ4n) is 2.98. The molecule has 1 fully saturated rings. The van der Waals surface area contributed by atoms with Crippen molar-refractivity contribution in [2.24, 2.45) is 0 Å². The topological polar surface area (TPSA) is 91.3 Å². The van der Waals surface area contributed by atoms with Gasteiger partial charge in [-0.2, -0.15) is 11.8 Å². The van der Waals surface area contributed by atoms with Gasteiger partial charge in [-0.05, 0) is 17.9 Å². The second-order valence-corrected chi connectivity index (χ2v) is 6.11. The van der Waals surface area contributed by atoms with Crippen molar-refractivity contribution in [3.05, 3.63) is 28.3 Å². The number of methoxy groups -OCH3 is 2. The molecular weight excluding hydrogens is 324 g/mol. The monoisotopic (exact) mass is 340 g/mol. The molecule has 0 saturated carbocycles. The maximum atomic E-state index is 12.2. The van der Waals surface area contributed by atoms with Crippen molar-refractivity contribution in [1.82, 2.24) is 0 Å².